The highest BCUT2D eigenvalue weighted by molar-refractivity contribution is 5.90. The molecule has 0 atom stereocenters. The van der Waals surface area contributed by atoms with Crippen LogP contribution in [0.25, 0.3) is 0 Å². The number of anilines is 1. The molecule has 0 aromatic heterocycles. The standard InChI is InChI=1S/C13H15FN2O.C4H9N.C2H6.CH2O/c14-11-7-3-1-5-9(7)12(16-13(15)17)10-6-2-4-8(10)11;1-2-3-4-5;2*1-2/h1-6H2,(H3,15,16,17);2-3H,4-5H2,1H3;1-2H3;1H2/b;3-2+;;. The lowest BCUT2D eigenvalue weighted by Gasteiger charge is -2.16. The Hall–Kier alpha value is -2.21. The number of benzene rings is 1. The maximum absolute atomic E-state index is 14.2. The van der Waals surface area contributed by atoms with E-state index in [9.17, 15) is 9.18 Å². The Labute approximate surface area is 156 Å². The van der Waals surface area contributed by atoms with Crippen molar-refractivity contribution >= 4 is 18.5 Å². The highest BCUT2D eigenvalue weighted by atomic mass is 19.1. The first-order chi connectivity index (χ1) is 12.6. The van der Waals surface area contributed by atoms with Crippen LogP contribution in [0.15, 0.2) is 12.2 Å². The summed E-state index contributed by atoms with van der Waals surface area (Å²) in [4.78, 5) is 19.1. The van der Waals surface area contributed by atoms with Gasteiger partial charge >= 0.3 is 6.03 Å². The molecule has 0 bridgehead atoms. The second-order valence-electron chi connectivity index (χ2n) is 5.60. The van der Waals surface area contributed by atoms with Gasteiger partial charge in [0.25, 0.3) is 0 Å². The lowest BCUT2D eigenvalue weighted by atomic mass is 9.98. The molecule has 0 spiro atoms. The number of carbonyl (C=O) groups is 2. The van der Waals surface area contributed by atoms with Crippen LogP contribution in [0.2, 0.25) is 0 Å². The van der Waals surface area contributed by atoms with E-state index in [0.29, 0.717) is 6.54 Å². The Morgan fingerprint density at radius 2 is 1.50 bits per heavy atom. The second kappa shape index (κ2) is 13.1. The number of amides is 2. The number of urea groups is 1. The van der Waals surface area contributed by atoms with Crippen LogP contribution >= 0.6 is 0 Å². The molecule has 0 saturated heterocycles. The zero-order chi connectivity index (χ0) is 20.1. The van der Waals surface area contributed by atoms with Crippen molar-refractivity contribution in [1.82, 2.24) is 0 Å². The fourth-order valence-electron chi connectivity index (χ4n) is 3.30. The quantitative estimate of drug-likeness (QED) is 0.698. The number of allylic oxidation sites excluding steroid dienone is 1. The molecule has 3 rings (SSSR count). The zero-order valence-corrected chi connectivity index (χ0v) is 16.2. The summed E-state index contributed by atoms with van der Waals surface area (Å²) < 4.78 is 14.2. The normalized spacial score (nSPS) is 13.3. The van der Waals surface area contributed by atoms with Crippen LogP contribution in [-0.4, -0.2) is 19.4 Å². The molecular formula is C20H32FN3O2. The first kappa shape index (κ1) is 23.8. The van der Waals surface area contributed by atoms with Crippen LogP contribution in [-0.2, 0) is 30.5 Å². The van der Waals surface area contributed by atoms with E-state index in [2.05, 4.69) is 5.32 Å². The smallest absolute Gasteiger partial charge is 0.316 e. The highest BCUT2D eigenvalue weighted by Gasteiger charge is 2.29. The largest absolute Gasteiger partial charge is 0.351 e. The summed E-state index contributed by atoms with van der Waals surface area (Å²) >= 11 is 0. The molecule has 0 heterocycles. The summed E-state index contributed by atoms with van der Waals surface area (Å²) in [6.45, 7) is 8.61. The van der Waals surface area contributed by atoms with Crippen molar-refractivity contribution in [2.45, 2.75) is 59.3 Å². The van der Waals surface area contributed by atoms with Gasteiger partial charge in [0.1, 0.15) is 12.6 Å². The van der Waals surface area contributed by atoms with E-state index < -0.39 is 6.03 Å². The first-order valence-corrected chi connectivity index (χ1v) is 9.11. The molecule has 0 radical (unpaired) electrons. The number of hydrogen-bond donors (Lipinski definition) is 3. The molecule has 0 aliphatic heterocycles. The molecule has 2 amide bonds. The van der Waals surface area contributed by atoms with Crippen molar-refractivity contribution in [2.75, 3.05) is 11.9 Å². The lowest BCUT2D eigenvalue weighted by molar-refractivity contribution is -0.0979. The molecule has 2 aliphatic carbocycles. The van der Waals surface area contributed by atoms with E-state index in [1.807, 2.05) is 39.7 Å². The Kier molecular flexibility index (Phi) is 11.9. The molecule has 1 aromatic carbocycles. The number of halogens is 1. The third-order valence-corrected chi connectivity index (χ3v) is 4.19. The Bertz CT molecular complexity index is 581. The number of fused-ring (bicyclic) bond motifs is 2. The molecule has 0 saturated carbocycles. The maximum atomic E-state index is 14.2. The Morgan fingerprint density at radius 3 is 1.81 bits per heavy atom. The van der Waals surface area contributed by atoms with E-state index in [1.165, 1.54) is 0 Å². The predicted octanol–water partition coefficient (Wildman–Crippen LogP) is 3.66. The van der Waals surface area contributed by atoms with Gasteiger partial charge in [0.2, 0.25) is 0 Å². The van der Waals surface area contributed by atoms with Gasteiger partial charge in [-0.3, -0.25) is 0 Å². The number of rotatable bonds is 2. The van der Waals surface area contributed by atoms with Gasteiger partial charge in [-0.25, -0.2) is 9.18 Å². The third-order valence-electron chi connectivity index (χ3n) is 4.19. The average Bonchev–Trinajstić information content (AvgIpc) is 3.33. The van der Waals surface area contributed by atoms with Crippen molar-refractivity contribution in [3.8, 4) is 0 Å². The van der Waals surface area contributed by atoms with Gasteiger partial charge in [0.15, 0.2) is 0 Å². The number of nitrogens with two attached hydrogens (primary N) is 2. The number of hydrogen-bond acceptors (Lipinski definition) is 3. The molecule has 5 nitrogen and oxygen atoms in total. The minimum absolute atomic E-state index is 0.0278. The van der Waals surface area contributed by atoms with E-state index in [0.717, 1.165) is 66.5 Å². The summed E-state index contributed by atoms with van der Waals surface area (Å²) in [5.41, 5.74) is 14.6. The molecule has 0 unspecified atom stereocenters. The SMILES string of the molecule is C/C=C/CN.C=O.CC.NC(=O)Nc1c2c(c(F)c3c1CCC3)CCC2. The zero-order valence-electron chi connectivity index (χ0n) is 16.2. The first-order valence-electron chi connectivity index (χ1n) is 9.11. The molecular weight excluding hydrogens is 333 g/mol. The molecule has 1 aromatic rings. The average molecular weight is 365 g/mol. The monoisotopic (exact) mass is 365 g/mol. The van der Waals surface area contributed by atoms with Gasteiger partial charge in [-0.2, -0.15) is 0 Å². The van der Waals surface area contributed by atoms with Crippen LogP contribution in [0.4, 0.5) is 14.9 Å². The predicted molar refractivity (Wildman–Crippen MR) is 106 cm³/mol. The van der Waals surface area contributed by atoms with Crippen molar-refractivity contribution in [2.24, 2.45) is 11.5 Å². The van der Waals surface area contributed by atoms with Crippen molar-refractivity contribution in [1.29, 1.82) is 0 Å². The van der Waals surface area contributed by atoms with E-state index in [4.69, 9.17) is 16.3 Å². The van der Waals surface area contributed by atoms with Crippen molar-refractivity contribution in [3.63, 3.8) is 0 Å². The number of nitrogens with one attached hydrogen (secondary N) is 1. The van der Waals surface area contributed by atoms with Gasteiger partial charge in [-0.05, 0) is 67.7 Å². The molecule has 146 valence electrons. The topological polar surface area (TPSA) is 98.2 Å². The van der Waals surface area contributed by atoms with Crippen LogP contribution in [0.3, 0.4) is 0 Å². The summed E-state index contributed by atoms with van der Waals surface area (Å²) in [6, 6.07) is -0.556. The van der Waals surface area contributed by atoms with Crippen LogP contribution < -0.4 is 16.8 Å². The summed E-state index contributed by atoms with van der Waals surface area (Å²) in [5, 5.41) is 2.70. The van der Waals surface area contributed by atoms with Crippen LogP contribution in [0, 0.1) is 5.82 Å². The molecule has 2 aliphatic rings. The van der Waals surface area contributed by atoms with Crippen molar-refractivity contribution < 1.29 is 14.0 Å². The van der Waals surface area contributed by atoms with Crippen molar-refractivity contribution in [3.05, 3.63) is 40.2 Å². The fourth-order valence-corrected chi connectivity index (χ4v) is 3.30. The van der Waals surface area contributed by atoms with Gasteiger partial charge in [-0.15, -0.1) is 0 Å². The fraction of sp³-hybridized carbons (Fsp3) is 0.500. The van der Waals surface area contributed by atoms with E-state index in [1.54, 1.807) is 0 Å². The van der Waals surface area contributed by atoms with E-state index >= 15 is 0 Å². The minimum Gasteiger partial charge on any atom is -0.351 e. The number of primary amides is 1. The maximum Gasteiger partial charge on any atom is 0.316 e. The molecule has 0 fully saturated rings. The Balaban J connectivity index is 0.000000596. The Morgan fingerprint density at radius 1 is 1.08 bits per heavy atom. The molecule has 26 heavy (non-hydrogen) atoms. The highest BCUT2D eigenvalue weighted by Crippen LogP contribution is 2.40. The summed E-state index contributed by atoms with van der Waals surface area (Å²) in [6.07, 6.45) is 9.00. The van der Waals surface area contributed by atoms with Gasteiger partial charge in [0.05, 0.1) is 0 Å². The van der Waals surface area contributed by atoms with Gasteiger partial charge in [-0.1, -0.05) is 26.0 Å². The minimum atomic E-state index is -0.556. The second-order valence-corrected chi connectivity index (χ2v) is 5.60. The van der Waals surface area contributed by atoms with E-state index in [-0.39, 0.29) is 5.82 Å². The molecule has 6 heteroatoms. The van der Waals surface area contributed by atoms with Crippen LogP contribution in [0.1, 0.15) is 55.9 Å². The summed E-state index contributed by atoms with van der Waals surface area (Å²) in [7, 11) is 0. The summed E-state index contributed by atoms with van der Waals surface area (Å²) in [5.74, 6) is -0.0278. The van der Waals surface area contributed by atoms with Gasteiger partial charge in [0, 0.05) is 12.2 Å². The lowest BCUT2D eigenvalue weighted by Crippen LogP contribution is -2.21. The van der Waals surface area contributed by atoms with Gasteiger partial charge < -0.3 is 21.6 Å². The number of carbonyl (C=O) groups excluding carboxylic acids is 2. The third kappa shape index (κ3) is 5.95. The van der Waals surface area contributed by atoms with Crippen LogP contribution in [0.5, 0.6) is 0 Å². The molecule has 5 N–H and O–H groups in total.